The molecule has 0 aromatic rings. The Bertz CT molecular complexity index is 291. The Morgan fingerprint density at radius 3 is 1.64 bits per heavy atom. The highest BCUT2D eigenvalue weighted by Crippen LogP contribution is 1.88. The minimum atomic E-state index is -0.441. The summed E-state index contributed by atoms with van der Waals surface area (Å²) >= 11 is 0. The molecule has 0 heterocycles. The summed E-state index contributed by atoms with van der Waals surface area (Å²) in [6, 6.07) is 0. The summed E-state index contributed by atoms with van der Waals surface area (Å²) in [6.45, 7) is 16.8. The fraction of sp³-hybridized carbons (Fsp3) is 0.529. The maximum atomic E-state index is 10.3. The normalized spacial score (nSPS) is 8.18. The third kappa shape index (κ3) is 36.2. The lowest BCUT2D eigenvalue weighted by atomic mass is 10.4. The summed E-state index contributed by atoms with van der Waals surface area (Å²) in [7, 11) is 0. The van der Waals surface area contributed by atoms with Gasteiger partial charge in [0.1, 0.15) is 0 Å². The molecule has 0 aromatic heterocycles. The first-order valence-corrected chi connectivity index (χ1v) is 7.16. The molecule has 0 rings (SSSR count). The maximum absolute atomic E-state index is 10.3. The predicted molar refractivity (Wildman–Crippen MR) is 89.4 cm³/mol. The lowest BCUT2D eigenvalue weighted by Crippen LogP contribution is -2.02. The molecule has 0 saturated heterocycles. The first kappa shape index (κ1) is 25.1. The SMILES string of the molecule is C=C(C)C.C=CC(=O)OCCCC.C=CC(=O)OCCCO. The summed E-state index contributed by atoms with van der Waals surface area (Å²) in [5.74, 6) is -0.771. The van der Waals surface area contributed by atoms with Crippen LogP contribution in [-0.2, 0) is 19.1 Å². The van der Waals surface area contributed by atoms with Crippen molar-refractivity contribution in [1.29, 1.82) is 0 Å². The van der Waals surface area contributed by atoms with Gasteiger partial charge in [0, 0.05) is 25.2 Å². The predicted octanol–water partition coefficient (Wildman–Crippen LogP) is 3.20. The van der Waals surface area contributed by atoms with Gasteiger partial charge in [0.25, 0.3) is 0 Å². The lowest BCUT2D eigenvalue weighted by molar-refractivity contribution is -0.138. The van der Waals surface area contributed by atoms with E-state index in [4.69, 9.17) is 5.11 Å². The molecule has 0 amide bonds. The Hall–Kier alpha value is -1.88. The van der Waals surface area contributed by atoms with Crippen molar-refractivity contribution in [2.45, 2.75) is 40.0 Å². The highest BCUT2D eigenvalue weighted by molar-refractivity contribution is 5.81. The monoisotopic (exact) mass is 314 g/mol. The van der Waals surface area contributed by atoms with E-state index in [-0.39, 0.29) is 19.2 Å². The molecule has 0 radical (unpaired) electrons. The van der Waals surface area contributed by atoms with Crippen LogP contribution in [0.25, 0.3) is 0 Å². The van der Waals surface area contributed by atoms with E-state index in [9.17, 15) is 9.59 Å². The van der Waals surface area contributed by atoms with Crippen LogP contribution in [-0.4, -0.2) is 36.9 Å². The van der Waals surface area contributed by atoms with Gasteiger partial charge in [0.05, 0.1) is 13.2 Å². The molecule has 5 heteroatoms. The average molecular weight is 314 g/mol. The van der Waals surface area contributed by atoms with E-state index in [0.29, 0.717) is 13.0 Å². The quantitative estimate of drug-likeness (QED) is 0.322. The smallest absolute Gasteiger partial charge is 0.330 e. The number of rotatable bonds is 8. The summed E-state index contributed by atoms with van der Waals surface area (Å²) in [4.78, 5) is 20.6. The second-order valence-electron chi connectivity index (χ2n) is 4.38. The molecule has 0 aliphatic heterocycles. The Morgan fingerprint density at radius 1 is 1.00 bits per heavy atom. The van der Waals surface area contributed by atoms with E-state index in [1.165, 1.54) is 11.6 Å². The summed E-state index contributed by atoms with van der Waals surface area (Å²) in [5.41, 5.74) is 1.17. The average Bonchev–Trinajstić information content (AvgIpc) is 2.47. The lowest BCUT2D eigenvalue weighted by Gasteiger charge is -1.97. The molecule has 0 aliphatic rings. The van der Waals surface area contributed by atoms with Crippen molar-refractivity contribution in [2.75, 3.05) is 19.8 Å². The van der Waals surface area contributed by atoms with Crippen LogP contribution < -0.4 is 0 Å². The number of carbonyl (C=O) groups is 2. The van der Waals surface area contributed by atoms with Gasteiger partial charge in [-0.15, -0.1) is 6.58 Å². The minimum Gasteiger partial charge on any atom is -0.463 e. The fourth-order valence-corrected chi connectivity index (χ4v) is 0.672. The number of hydrogen-bond acceptors (Lipinski definition) is 5. The summed E-state index contributed by atoms with van der Waals surface area (Å²) < 4.78 is 9.19. The van der Waals surface area contributed by atoms with Crippen LogP contribution in [0.4, 0.5) is 0 Å². The molecule has 5 nitrogen and oxygen atoms in total. The van der Waals surface area contributed by atoms with Crippen molar-refractivity contribution in [3.8, 4) is 0 Å². The topological polar surface area (TPSA) is 72.8 Å². The van der Waals surface area contributed by atoms with E-state index in [2.05, 4.69) is 29.2 Å². The van der Waals surface area contributed by atoms with E-state index in [0.717, 1.165) is 18.9 Å². The molecule has 0 aliphatic carbocycles. The summed E-state index contributed by atoms with van der Waals surface area (Å²) in [6.07, 6.45) is 4.73. The van der Waals surface area contributed by atoms with E-state index >= 15 is 0 Å². The Balaban J connectivity index is -0.000000266. The number of ether oxygens (including phenoxy) is 2. The van der Waals surface area contributed by atoms with Crippen molar-refractivity contribution in [3.63, 3.8) is 0 Å². The Kier molecular flexibility index (Phi) is 24.4. The zero-order chi connectivity index (χ0) is 17.8. The standard InChI is InChI=1S/C7H12O2.C6H10O3.C4H8/c1-3-5-6-9-7(8)4-2;1-2-6(8)9-5-3-4-7;1-4(2)3/h4H,2-3,5-6H2,1H3;2,7H,1,3-5H2;1H2,2-3H3. The Labute approximate surface area is 134 Å². The second-order valence-corrected chi connectivity index (χ2v) is 4.38. The van der Waals surface area contributed by atoms with E-state index < -0.39 is 5.97 Å². The number of aliphatic hydroxyl groups is 1. The number of carbonyl (C=O) groups excluding carboxylic acids is 2. The van der Waals surface area contributed by atoms with Crippen molar-refractivity contribution in [3.05, 3.63) is 37.5 Å². The first-order chi connectivity index (χ1) is 10.3. The highest BCUT2D eigenvalue weighted by Gasteiger charge is 1.92. The molecular formula is C17H30O5. The van der Waals surface area contributed by atoms with E-state index in [1.807, 2.05) is 20.8 Å². The number of hydrogen-bond donors (Lipinski definition) is 1. The minimum absolute atomic E-state index is 0.0461. The number of allylic oxidation sites excluding steroid dienone is 1. The molecule has 0 atom stereocenters. The van der Waals surface area contributed by atoms with Crippen molar-refractivity contribution in [1.82, 2.24) is 0 Å². The van der Waals surface area contributed by atoms with Gasteiger partial charge in [-0.3, -0.25) is 0 Å². The number of unbranched alkanes of at least 4 members (excludes halogenated alkanes) is 1. The molecule has 0 bridgehead atoms. The molecule has 0 aromatic carbocycles. The Morgan fingerprint density at radius 2 is 1.36 bits per heavy atom. The number of esters is 2. The van der Waals surface area contributed by atoms with Crippen LogP contribution in [0.5, 0.6) is 0 Å². The van der Waals surface area contributed by atoms with Gasteiger partial charge < -0.3 is 14.6 Å². The van der Waals surface area contributed by atoms with Gasteiger partial charge in [-0.25, -0.2) is 9.59 Å². The van der Waals surface area contributed by atoms with Gasteiger partial charge >= 0.3 is 11.9 Å². The number of aliphatic hydroxyl groups excluding tert-OH is 1. The largest absolute Gasteiger partial charge is 0.463 e. The van der Waals surface area contributed by atoms with Crippen LogP contribution in [0.2, 0.25) is 0 Å². The van der Waals surface area contributed by atoms with Crippen molar-refractivity contribution < 1.29 is 24.2 Å². The zero-order valence-corrected chi connectivity index (χ0v) is 14.1. The molecule has 0 saturated carbocycles. The van der Waals surface area contributed by atoms with Crippen LogP contribution in [0.1, 0.15) is 40.0 Å². The molecule has 1 N–H and O–H groups in total. The van der Waals surface area contributed by atoms with Gasteiger partial charge in [-0.05, 0) is 20.3 Å². The third-order valence-corrected chi connectivity index (χ3v) is 1.62. The maximum Gasteiger partial charge on any atom is 0.330 e. The molecule has 128 valence electrons. The zero-order valence-electron chi connectivity index (χ0n) is 14.1. The first-order valence-electron chi connectivity index (χ1n) is 7.16. The summed E-state index contributed by atoms with van der Waals surface area (Å²) in [5, 5.41) is 8.23. The second kappa shape index (κ2) is 21.4. The van der Waals surface area contributed by atoms with Gasteiger partial charge in [0.15, 0.2) is 0 Å². The van der Waals surface area contributed by atoms with Crippen LogP contribution in [0.3, 0.4) is 0 Å². The molecule has 0 spiro atoms. The van der Waals surface area contributed by atoms with Crippen LogP contribution >= 0.6 is 0 Å². The van der Waals surface area contributed by atoms with Gasteiger partial charge in [-0.2, -0.15) is 0 Å². The van der Waals surface area contributed by atoms with Crippen LogP contribution in [0.15, 0.2) is 37.5 Å². The molecule has 22 heavy (non-hydrogen) atoms. The fourth-order valence-electron chi connectivity index (χ4n) is 0.672. The third-order valence-electron chi connectivity index (χ3n) is 1.62. The molecule has 0 fully saturated rings. The van der Waals surface area contributed by atoms with E-state index in [1.54, 1.807) is 0 Å². The van der Waals surface area contributed by atoms with Crippen LogP contribution in [0, 0.1) is 0 Å². The van der Waals surface area contributed by atoms with Gasteiger partial charge in [0.2, 0.25) is 0 Å². The molecular weight excluding hydrogens is 284 g/mol. The van der Waals surface area contributed by atoms with Crippen molar-refractivity contribution in [2.24, 2.45) is 0 Å². The highest BCUT2D eigenvalue weighted by atomic mass is 16.5. The van der Waals surface area contributed by atoms with Crippen molar-refractivity contribution >= 4 is 11.9 Å². The molecule has 0 unspecified atom stereocenters. The van der Waals surface area contributed by atoms with Gasteiger partial charge in [-0.1, -0.05) is 32.1 Å².